The van der Waals surface area contributed by atoms with Gasteiger partial charge in [0.25, 0.3) is 11.5 Å². The number of aromatic nitrogens is 2. The zero-order valence-corrected chi connectivity index (χ0v) is 13.8. The van der Waals surface area contributed by atoms with Crippen molar-refractivity contribution >= 4 is 22.5 Å². The van der Waals surface area contributed by atoms with E-state index in [0.717, 1.165) is 16.6 Å². The van der Waals surface area contributed by atoms with Crippen LogP contribution in [0, 0.1) is 0 Å². The Bertz CT molecular complexity index is 1150. The number of carbonyl (C=O) groups excluding carboxylic acids is 1. The Kier molecular flexibility index (Phi) is 4.03. The highest BCUT2D eigenvalue weighted by Crippen LogP contribution is 2.15. The molecule has 5 heteroatoms. The van der Waals surface area contributed by atoms with Crippen molar-refractivity contribution in [3.8, 4) is 5.69 Å². The number of pyridine rings is 2. The number of rotatable bonds is 3. The van der Waals surface area contributed by atoms with Crippen molar-refractivity contribution in [2.45, 2.75) is 0 Å². The summed E-state index contributed by atoms with van der Waals surface area (Å²) in [6.07, 6.45) is 3.34. The summed E-state index contributed by atoms with van der Waals surface area (Å²) in [4.78, 5) is 28.9. The quantitative estimate of drug-likeness (QED) is 0.619. The molecule has 2 aromatic carbocycles. The Hall–Kier alpha value is -3.73. The highest BCUT2D eigenvalue weighted by atomic mass is 16.1. The molecule has 4 aromatic rings. The van der Waals surface area contributed by atoms with Crippen molar-refractivity contribution in [2.75, 3.05) is 5.32 Å². The van der Waals surface area contributed by atoms with Crippen LogP contribution in [-0.4, -0.2) is 15.5 Å². The van der Waals surface area contributed by atoms with E-state index in [4.69, 9.17) is 0 Å². The average Bonchev–Trinajstić information content (AvgIpc) is 2.69. The van der Waals surface area contributed by atoms with Crippen LogP contribution in [0.3, 0.4) is 0 Å². The Morgan fingerprint density at radius 3 is 2.62 bits per heavy atom. The third-order valence-corrected chi connectivity index (χ3v) is 4.07. The fourth-order valence-electron chi connectivity index (χ4n) is 2.77. The molecule has 1 N–H and O–H groups in total. The van der Waals surface area contributed by atoms with Gasteiger partial charge in [0, 0.05) is 35.1 Å². The Labute approximate surface area is 149 Å². The molecular formula is C21H15N3O2. The van der Waals surface area contributed by atoms with E-state index in [2.05, 4.69) is 10.3 Å². The number of anilines is 1. The molecule has 1 amide bonds. The van der Waals surface area contributed by atoms with Crippen molar-refractivity contribution in [2.24, 2.45) is 0 Å². The van der Waals surface area contributed by atoms with Crippen molar-refractivity contribution in [3.05, 3.63) is 101 Å². The fraction of sp³-hybridized carbons (Fsp3) is 0. The van der Waals surface area contributed by atoms with Crippen LogP contribution in [0.5, 0.6) is 0 Å². The molecule has 0 fully saturated rings. The normalized spacial score (nSPS) is 10.6. The van der Waals surface area contributed by atoms with E-state index in [9.17, 15) is 9.59 Å². The minimum atomic E-state index is -0.242. The summed E-state index contributed by atoms with van der Waals surface area (Å²) in [5.74, 6) is -0.242. The molecule has 4 rings (SSSR count). The summed E-state index contributed by atoms with van der Waals surface area (Å²) in [7, 11) is 0. The second-order valence-electron chi connectivity index (χ2n) is 5.83. The van der Waals surface area contributed by atoms with Gasteiger partial charge in [-0.15, -0.1) is 0 Å². The maximum absolute atomic E-state index is 12.6. The Morgan fingerprint density at radius 2 is 1.77 bits per heavy atom. The number of amides is 1. The van der Waals surface area contributed by atoms with Gasteiger partial charge in [0.1, 0.15) is 0 Å². The first-order valence-electron chi connectivity index (χ1n) is 8.15. The lowest BCUT2D eigenvalue weighted by molar-refractivity contribution is 0.102. The first-order valence-corrected chi connectivity index (χ1v) is 8.15. The molecule has 0 atom stereocenters. The van der Waals surface area contributed by atoms with E-state index in [1.807, 2.05) is 48.5 Å². The molecule has 5 nitrogen and oxygen atoms in total. The first-order chi connectivity index (χ1) is 12.7. The standard InChI is InChI=1S/C21H15N3O2/c25-20-11-9-17(14-24(20)18-6-2-1-3-7-18)23-21(26)16-8-10-19-15(13-16)5-4-12-22-19/h1-14H,(H,23,26). The van der Waals surface area contributed by atoms with Gasteiger partial charge in [-0.05, 0) is 42.5 Å². The maximum Gasteiger partial charge on any atom is 0.255 e. The number of benzene rings is 2. The van der Waals surface area contributed by atoms with Crippen LogP contribution in [0.2, 0.25) is 0 Å². The van der Waals surface area contributed by atoms with Gasteiger partial charge in [0.2, 0.25) is 0 Å². The topological polar surface area (TPSA) is 64.0 Å². The fourth-order valence-corrected chi connectivity index (χ4v) is 2.77. The molecule has 0 radical (unpaired) electrons. The van der Waals surface area contributed by atoms with E-state index in [-0.39, 0.29) is 11.5 Å². The van der Waals surface area contributed by atoms with Crippen LogP contribution in [0.15, 0.2) is 90.0 Å². The predicted octanol–water partition coefficient (Wildman–Crippen LogP) is 3.64. The Morgan fingerprint density at radius 1 is 0.923 bits per heavy atom. The molecular weight excluding hydrogens is 326 g/mol. The number of fused-ring (bicyclic) bond motifs is 1. The van der Waals surface area contributed by atoms with Gasteiger partial charge in [-0.3, -0.25) is 19.1 Å². The lowest BCUT2D eigenvalue weighted by Gasteiger charge is -2.10. The van der Waals surface area contributed by atoms with Crippen molar-refractivity contribution in [1.82, 2.24) is 9.55 Å². The number of nitrogens with zero attached hydrogens (tertiary/aromatic N) is 2. The van der Waals surface area contributed by atoms with Crippen molar-refractivity contribution in [1.29, 1.82) is 0 Å². The number of para-hydroxylation sites is 1. The second-order valence-corrected chi connectivity index (χ2v) is 5.83. The van der Waals surface area contributed by atoms with E-state index in [1.165, 1.54) is 10.6 Å². The second kappa shape index (κ2) is 6.64. The SMILES string of the molecule is O=C(Nc1ccc(=O)n(-c2ccccc2)c1)c1ccc2ncccc2c1. The van der Waals surface area contributed by atoms with Crippen molar-refractivity contribution in [3.63, 3.8) is 0 Å². The number of hydrogen-bond donors (Lipinski definition) is 1. The molecule has 0 aliphatic carbocycles. The van der Waals surface area contributed by atoms with Crippen LogP contribution in [0.25, 0.3) is 16.6 Å². The van der Waals surface area contributed by atoms with Gasteiger partial charge >= 0.3 is 0 Å². The molecule has 0 aliphatic rings. The van der Waals surface area contributed by atoms with Gasteiger partial charge in [0.15, 0.2) is 0 Å². The zero-order valence-electron chi connectivity index (χ0n) is 13.8. The molecule has 126 valence electrons. The lowest BCUT2D eigenvalue weighted by Crippen LogP contribution is -2.19. The van der Waals surface area contributed by atoms with Gasteiger partial charge in [0.05, 0.1) is 11.2 Å². The van der Waals surface area contributed by atoms with E-state index in [1.54, 1.807) is 30.6 Å². The third-order valence-electron chi connectivity index (χ3n) is 4.07. The minimum Gasteiger partial charge on any atom is -0.321 e. The highest BCUT2D eigenvalue weighted by molar-refractivity contribution is 6.06. The largest absolute Gasteiger partial charge is 0.321 e. The molecule has 0 spiro atoms. The molecule has 0 aliphatic heterocycles. The smallest absolute Gasteiger partial charge is 0.255 e. The molecule has 26 heavy (non-hydrogen) atoms. The van der Waals surface area contributed by atoms with Crippen LogP contribution < -0.4 is 10.9 Å². The van der Waals surface area contributed by atoms with Crippen LogP contribution in [0.4, 0.5) is 5.69 Å². The monoisotopic (exact) mass is 341 g/mol. The molecule has 0 bridgehead atoms. The molecule has 0 saturated carbocycles. The summed E-state index contributed by atoms with van der Waals surface area (Å²) >= 11 is 0. The summed E-state index contributed by atoms with van der Waals surface area (Å²) in [6, 6.07) is 21.4. The van der Waals surface area contributed by atoms with E-state index in [0.29, 0.717) is 11.3 Å². The average molecular weight is 341 g/mol. The van der Waals surface area contributed by atoms with Gasteiger partial charge in [-0.25, -0.2) is 0 Å². The third kappa shape index (κ3) is 3.10. The molecule has 2 heterocycles. The maximum atomic E-state index is 12.6. The summed E-state index contributed by atoms with van der Waals surface area (Å²) in [5, 5.41) is 3.74. The van der Waals surface area contributed by atoms with E-state index >= 15 is 0 Å². The zero-order chi connectivity index (χ0) is 17.9. The van der Waals surface area contributed by atoms with Crippen LogP contribution in [0.1, 0.15) is 10.4 Å². The van der Waals surface area contributed by atoms with Gasteiger partial charge in [-0.1, -0.05) is 24.3 Å². The molecule has 2 aromatic heterocycles. The van der Waals surface area contributed by atoms with Crippen LogP contribution in [-0.2, 0) is 0 Å². The highest BCUT2D eigenvalue weighted by Gasteiger charge is 2.09. The summed E-state index contributed by atoms with van der Waals surface area (Å²) in [6.45, 7) is 0. The van der Waals surface area contributed by atoms with Crippen molar-refractivity contribution < 1.29 is 4.79 Å². The van der Waals surface area contributed by atoms with E-state index < -0.39 is 0 Å². The van der Waals surface area contributed by atoms with Crippen LogP contribution >= 0.6 is 0 Å². The summed E-state index contributed by atoms with van der Waals surface area (Å²) < 4.78 is 1.50. The minimum absolute atomic E-state index is 0.161. The number of hydrogen-bond acceptors (Lipinski definition) is 3. The lowest BCUT2D eigenvalue weighted by atomic mass is 10.1. The molecule has 0 unspecified atom stereocenters. The van der Waals surface area contributed by atoms with Gasteiger partial charge in [-0.2, -0.15) is 0 Å². The first kappa shape index (κ1) is 15.8. The predicted molar refractivity (Wildman–Crippen MR) is 102 cm³/mol. The Balaban J connectivity index is 1.64. The molecule has 0 saturated heterocycles. The number of nitrogens with one attached hydrogen (secondary N) is 1. The van der Waals surface area contributed by atoms with Gasteiger partial charge < -0.3 is 5.32 Å². The summed E-state index contributed by atoms with van der Waals surface area (Å²) in [5.41, 5.74) is 2.49. The number of carbonyl (C=O) groups is 1.